The fraction of sp³-hybridized carbons (Fsp3) is 0.846. The van der Waals surface area contributed by atoms with E-state index < -0.39 is 11.5 Å². The Bertz CT molecular complexity index is 315. The number of hydrogen-bond donors (Lipinski definition) is 2. The average Bonchev–Trinajstić information content (AvgIpc) is 2.26. The first kappa shape index (κ1) is 14.8. The lowest BCUT2D eigenvalue weighted by Crippen LogP contribution is -2.53. The molecule has 1 fully saturated rings. The van der Waals surface area contributed by atoms with Gasteiger partial charge in [0.1, 0.15) is 0 Å². The Labute approximate surface area is 109 Å². The number of piperidine rings is 1. The smallest absolute Gasteiger partial charge is 0.317 e. The zero-order valence-electron chi connectivity index (χ0n) is 11.5. The molecule has 0 spiro atoms. The molecule has 0 radical (unpaired) electrons. The third-order valence-electron chi connectivity index (χ3n) is 3.42. The maximum Gasteiger partial charge on any atom is 0.317 e. The number of carboxylic acids is 1. The molecule has 0 aromatic heterocycles. The number of nitrogens with zero attached hydrogens (tertiary/aromatic N) is 1. The highest BCUT2D eigenvalue weighted by Gasteiger charge is 2.28. The van der Waals surface area contributed by atoms with Crippen molar-refractivity contribution in [2.75, 3.05) is 13.1 Å². The molecule has 1 unspecified atom stereocenters. The van der Waals surface area contributed by atoms with Crippen LogP contribution in [-0.2, 0) is 4.79 Å². The number of rotatable bonds is 4. The second-order valence-corrected chi connectivity index (χ2v) is 5.75. The van der Waals surface area contributed by atoms with E-state index >= 15 is 0 Å². The Morgan fingerprint density at radius 3 is 2.67 bits per heavy atom. The van der Waals surface area contributed by atoms with Crippen LogP contribution in [-0.4, -0.2) is 40.6 Å². The van der Waals surface area contributed by atoms with Crippen LogP contribution < -0.4 is 5.32 Å². The molecule has 0 aliphatic carbocycles. The van der Waals surface area contributed by atoms with Gasteiger partial charge in [0.05, 0.1) is 6.42 Å². The highest BCUT2D eigenvalue weighted by molar-refractivity contribution is 5.76. The van der Waals surface area contributed by atoms with E-state index in [1.807, 2.05) is 0 Å². The van der Waals surface area contributed by atoms with Crippen LogP contribution in [0, 0.1) is 5.92 Å². The number of carbonyl (C=O) groups excluding carboxylic acids is 1. The molecule has 0 bridgehead atoms. The van der Waals surface area contributed by atoms with Gasteiger partial charge in [-0.05, 0) is 32.6 Å². The predicted molar refractivity (Wildman–Crippen MR) is 69.5 cm³/mol. The number of nitrogens with one attached hydrogen (secondary N) is 1. The lowest BCUT2D eigenvalue weighted by Gasteiger charge is -2.35. The van der Waals surface area contributed by atoms with Gasteiger partial charge in [0.25, 0.3) is 0 Å². The Hall–Kier alpha value is -1.26. The summed E-state index contributed by atoms with van der Waals surface area (Å²) < 4.78 is 0. The summed E-state index contributed by atoms with van der Waals surface area (Å²) >= 11 is 0. The summed E-state index contributed by atoms with van der Waals surface area (Å²) in [6, 6.07) is -0.139. The third-order valence-corrected chi connectivity index (χ3v) is 3.42. The number of urea groups is 1. The second-order valence-electron chi connectivity index (χ2n) is 5.75. The van der Waals surface area contributed by atoms with Crippen molar-refractivity contribution in [3.63, 3.8) is 0 Å². The molecule has 5 heteroatoms. The maximum absolute atomic E-state index is 12.1. The van der Waals surface area contributed by atoms with Crippen molar-refractivity contribution < 1.29 is 14.7 Å². The Balaban J connectivity index is 2.51. The van der Waals surface area contributed by atoms with E-state index in [9.17, 15) is 9.59 Å². The van der Waals surface area contributed by atoms with Gasteiger partial charge in [0.15, 0.2) is 0 Å². The molecule has 0 saturated carbocycles. The van der Waals surface area contributed by atoms with E-state index in [1.165, 1.54) is 6.42 Å². The minimum Gasteiger partial charge on any atom is -0.481 e. The number of likely N-dealkylation sites (tertiary alicyclic amines) is 1. The van der Waals surface area contributed by atoms with E-state index in [0.29, 0.717) is 5.92 Å². The highest BCUT2D eigenvalue weighted by atomic mass is 16.4. The molecule has 2 amide bonds. The van der Waals surface area contributed by atoms with E-state index in [0.717, 1.165) is 25.9 Å². The van der Waals surface area contributed by atoms with Crippen molar-refractivity contribution in [1.82, 2.24) is 10.2 Å². The predicted octanol–water partition coefficient (Wildman–Crippen LogP) is 2.07. The quantitative estimate of drug-likeness (QED) is 0.809. The van der Waals surface area contributed by atoms with Crippen molar-refractivity contribution in [2.45, 2.75) is 52.0 Å². The topological polar surface area (TPSA) is 69.6 Å². The molecular formula is C13H24N2O3. The van der Waals surface area contributed by atoms with Crippen LogP contribution in [0.4, 0.5) is 4.79 Å². The van der Waals surface area contributed by atoms with Gasteiger partial charge in [-0.2, -0.15) is 0 Å². The van der Waals surface area contributed by atoms with Crippen LogP contribution in [0.5, 0.6) is 0 Å². The SMILES string of the molecule is CCC1CCCN(C(=O)NC(C)(C)CC(=O)O)C1. The minimum atomic E-state index is -0.898. The molecule has 1 aliphatic rings. The second kappa shape index (κ2) is 6.07. The van der Waals surface area contributed by atoms with Crippen molar-refractivity contribution in [3.8, 4) is 0 Å². The first-order chi connectivity index (χ1) is 8.34. The lowest BCUT2D eigenvalue weighted by atomic mass is 9.95. The molecule has 1 rings (SSSR count). The molecule has 1 atom stereocenters. The lowest BCUT2D eigenvalue weighted by molar-refractivity contribution is -0.138. The molecule has 0 aromatic carbocycles. The zero-order valence-corrected chi connectivity index (χ0v) is 11.5. The van der Waals surface area contributed by atoms with Crippen LogP contribution in [0.1, 0.15) is 46.5 Å². The van der Waals surface area contributed by atoms with Crippen LogP contribution >= 0.6 is 0 Å². The Morgan fingerprint density at radius 1 is 1.44 bits per heavy atom. The van der Waals surface area contributed by atoms with Crippen molar-refractivity contribution >= 4 is 12.0 Å². The van der Waals surface area contributed by atoms with Gasteiger partial charge in [0, 0.05) is 18.6 Å². The van der Waals surface area contributed by atoms with Crippen LogP contribution in [0.15, 0.2) is 0 Å². The molecule has 1 heterocycles. The van der Waals surface area contributed by atoms with E-state index in [-0.39, 0.29) is 12.5 Å². The monoisotopic (exact) mass is 256 g/mol. The Morgan fingerprint density at radius 2 is 2.11 bits per heavy atom. The summed E-state index contributed by atoms with van der Waals surface area (Å²) in [5, 5.41) is 11.6. The fourth-order valence-electron chi connectivity index (χ4n) is 2.37. The zero-order chi connectivity index (χ0) is 13.8. The fourth-order valence-corrected chi connectivity index (χ4v) is 2.37. The summed E-state index contributed by atoms with van der Waals surface area (Å²) in [5.74, 6) is -0.322. The van der Waals surface area contributed by atoms with Crippen LogP contribution in [0.25, 0.3) is 0 Å². The number of amides is 2. The van der Waals surface area contributed by atoms with Gasteiger partial charge in [-0.3, -0.25) is 4.79 Å². The number of hydrogen-bond acceptors (Lipinski definition) is 2. The third kappa shape index (κ3) is 4.55. The van der Waals surface area contributed by atoms with Gasteiger partial charge in [-0.1, -0.05) is 13.3 Å². The van der Waals surface area contributed by atoms with Crippen molar-refractivity contribution in [2.24, 2.45) is 5.92 Å². The summed E-state index contributed by atoms with van der Waals surface area (Å²) in [6.07, 6.45) is 3.23. The van der Waals surface area contributed by atoms with Crippen molar-refractivity contribution in [1.29, 1.82) is 0 Å². The molecule has 1 saturated heterocycles. The highest BCUT2D eigenvalue weighted by Crippen LogP contribution is 2.19. The summed E-state index contributed by atoms with van der Waals surface area (Å²) in [7, 11) is 0. The van der Waals surface area contributed by atoms with Gasteiger partial charge < -0.3 is 15.3 Å². The van der Waals surface area contributed by atoms with Crippen LogP contribution in [0.3, 0.4) is 0 Å². The van der Waals surface area contributed by atoms with Gasteiger partial charge in [-0.15, -0.1) is 0 Å². The maximum atomic E-state index is 12.1. The molecule has 5 nitrogen and oxygen atoms in total. The average molecular weight is 256 g/mol. The summed E-state index contributed by atoms with van der Waals surface area (Å²) in [5.41, 5.74) is -0.706. The normalized spacial score (nSPS) is 20.6. The van der Waals surface area contributed by atoms with Gasteiger partial charge >= 0.3 is 12.0 Å². The molecule has 1 aliphatic heterocycles. The molecular weight excluding hydrogens is 232 g/mol. The van der Waals surface area contributed by atoms with Gasteiger partial charge in [-0.25, -0.2) is 4.79 Å². The molecule has 18 heavy (non-hydrogen) atoms. The van der Waals surface area contributed by atoms with E-state index in [4.69, 9.17) is 5.11 Å². The van der Waals surface area contributed by atoms with E-state index in [2.05, 4.69) is 12.2 Å². The molecule has 2 N–H and O–H groups in total. The number of carbonyl (C=O) groups is 2. The molecule has 0 aromatic rings. The summed E-state index contributed by atoms with van der Waals surface area (Å²) in [6.45, 7) is 7.16. The first-order valence-electron chi connectivity index (χ1n) is 6.63. The van der Waals surface area contributed by atoms with E-state index in [1.54, 1.807) is 18.7 Å². The van der Waals surface area contributed by atoms with Gasteiger partial charge in [0.2, 0.25) is 0 Å². The molecule has 104 valence electrons. The number of carboxylic acid groups (broad SMARTS) is 1. The first-order valence-corrected chi connectivity index (χ1v) is 6.63. The standard InChI is InChI=1S/C13H24N2O3/c1-4-10-6-5-7-15(9-10)12(18)14-13(2,3)8-11(16)17/h10H,4-9H2,1-3H3,(H,14,18)(H,16,17). The Kier molecular flexibility index (Phi) is 4.99. The van der Waals surface area contributed by atoms with Crippen LogP contribution in [0.2, 0.25) is 0 Å². The largest absolute Gasteiger partial charge is 0.481 e. The minimum absolute atomic E-state index is 0.0657. The van der Waals surface area contributed by atoms with Crippen molar-refractivity contribution in [3.05, 3.63) is 0 Å². The summed E-state index contributed by atoms with van der Waals surface area (Å²) in [4.78, 5) is 24.6. The number of aliphatic carboxylic acids is 1.